The van der Waals surface area contributed by atoms with E-state index in [4.69, 9.17) is 4.74 Å². The van der Waals surface area contributed by atoms with Crippen molar-refractivity contribution in [2.75, 3.05) is 6.54 Å². The van der Waals surface area contributed by atoms with Gasteiger partial charge >= 0.3 is 0 Å². The first-order valence-electron chi connectivity index (χ1n) is 9.08. The summed E-state index contributed by atoms with van der Waals surface area (Å²) in [5.41, 5.74) is 0.289. The van der Waals surface area contributed by atoms with Gasteiger partial charge in [0.25, 0.3) is 0 Å². The topological polar surface area (TPSA) is 21.3 Å². The third kappa shape index (κ3) is 3.39. The Labute approximate surface area is 125 Å². The summed E-state index contributed by atoms with van der Waals surface area (Å²) in [5.74, 6) is 1.76. The molecule has 20 heavy (non-hydrogen) atoms. The highest BCUT2D eigenvalue weighted by molar-refractivity contribution is 4.92. The predicted molar refractivity (Wildman–Crippen MR) is 83.9 cm³/mol. The van der Waals surface area contributed by atoms with E-state index in [2.05, 4.69) is 19.2 Å². The normalized spacial score (nSPS) is 41.1. The van der Waals surface area contributed by atoms with Crippen LogP contribution in [0.3, 0.4) is 0 Å². The molecule has 1 heterocycles. The lowest BCUT2D eigenvalue weighted by Gasteiger charge is -2.35. The van der Waals surface area contributed by atoms with Gasteiger partial charge in [-0.15, -0.1) is 0 Å². The molecule has 3 fully saturated rings. The Kier molecular flexibility index (Phi) is 4.72. The summed E-state index contributed by atoms with van der Waals surface area (Å²) in [6, 6.07) is 0.734. The first kappa shape index (κ1) is 14.8. The first-order chi connectivity index (χ1) is 9.67. The molecule has 0 amide bonds. The average Bonchev–Trinajstić information content (AvgIpc) is 2.82. The van der Waals surface area contributed by atoms with E-state index in [9.17, 15) is 0 Å². The molecule has 116 valence electrons. The van der Waals surface area contributed by atoms with Crippen molar-refractivity contribution >= 4 is 0 Å². The molecular weight excluding hydrogens is 246 g/mol. The van der Waals surface area contributed by atoms with E-state index in [-0.39, 0.29) is 5.60 Å². The summed E-state index contributed by atoms with van der Waals surface area (Å²) < 4.78 is 6.47. The fraction of sp³-hybridized carbons (Fsp3) is 1.00. The highest BCUT2D eigenvalue weighted by Gasteiger charge is 2.40. The Morgan fingerprint density at radius 1 is 1.00 bits per heavy atom. The smallest absolute Gasteiger partial charge is 0.0708 e. The van der Waals surface area contributed by atoms with Crippen LogP contribution >= 0.6 is 0 Å². The molecule has 2 aliphatic carbocycles. The van der Waals surface area contributed by atoms with Crippen molar-refractivity contribution in [1.29, 1.82) is 0 Å². The van der Waals surface area contributed by atoms with Gasteiger partial charge in [0.1, 0.15) is 0 Å². The van der Waals surface area contributed by atoms with E-state index in [0.717, 1.165) is 24.4 Å². The number of ether oxygens (including phenoxy) is 1. The fourth-order valence-electron chi connectivity index (χ4n) is 4.85. The standard InChI is InChI=1S/C18H33NO/c1-14-6-7-17(15(2)12-14)19-13-16-8-11-18(20-16)9-4-3-5-10-18/h14-17,19H,3-13H2,1-2H3. The second-order valence-corrected chi connectivity index (χ2v) is 7.93. The van der Waals surface area contributed by atoms with Crippen LogP contribution in [0.2, 0.25) is 0 Å². The highest BCUT2D eigenvalue weighted by Crippen LogP contribution is 2.41. The maximum absolute atomic E-state index is 6.47. The van der Waals surface area contributed by atoms with E-state index in [1.165, 1.54) is 64.2 Å². The van der Waals surface area contributed by atoms with Crippen LogP contribution in [0.25, 0.3) is 0 Å². The molecule has 0 aromatic carbocycles. The van der Waals surface area contributed by atoms with Crippen molar-refractivity contribution in [3.05, 3.63) is 0 Å². The summed E-state index contributed by atoms with van der Waals surface area (Å²) in [4.78, 5) is 0. The largest absolute Gasteiger partial charge is 0.370 e. The predicted octanol–water partition coefficient (Wildman–Crippen LogP) is 4.28. The molecule has 1 aliphatic heterocycles. The van der Waals surface area contributed by atoms with Crippen molar-refractivity contribution < 1.29 is 4.74 Å². The summed E-state index contributed by atoms with van der Waals surface area (Å²) in [6.45, 7) is 5.91. The molecule has 4 unspecified atom stereocenters. The lowest BCUT2D eigenvalue weighted by Crippen LogP contribution is -2.43. The molecule has 1 saturated heterocycles. The van der Waals surface area contributed by atoms with E-state index in [1.807, 2.05) is 0 Å². The Balaban J connectivity index is 1.43. The number of nitrogens with one attached hydrogen (secondary N) is 1. The quantitative estimate of drug-likeness (QED) is 0.832. The maximum Gasteiger partial charge on any atom is 0.0708 e. The molecule has 2 heteroatoms. The van der Waals surface area contributed by atoms with Crippen LogP contribution in [0.1, 0.15) is 78.1 Å². The van der Waals surface area contributed by atoms with Crippen LogP contribution in [0.15, 0.2) is 0 Å². The van der Waals surface area contributed by atoms with Crippen LogP contribution in [0, 0.1) is 11.8 Å². The zero-order valence-corrected chi connectivity index (χ0v) is 13.5. The summed E-state index contributed by atoms with van der Waals surface area (Å²) in [7, 11) is 0. The molecule has 0 aromatic heterocycles. The first-order valence-corrected chi connectivity index (χ1v) is 9.08. The van der Waals surface area contributed by atoms with Gasteiger partial charge in [-0.3, -0.25) is 0 Å². The van der Waals surface area contributed by atoms with Crippen molar-refractivity contribution in [2.45, 2.75) is 95.8 Å². The number of hydrogen-bond acceptors (Lipinski definition) is 2. The minimum Gasteiger partial charge on any atom is -0.370 e. The van der Waals surface area contributed by atoms with Gasteiger partial charge in [-0.2, -0.15) is 0 Å². The van der Waals surface area contributed by atoms with E-state index in [1.54, 1.807) is 0 Å². The summed E-state index contributed by atoms with van der Waals surface area (Å²) >= 11 is 0. The van der Waals surface area contributed by atoms with E-state index in [0.29, 0.717) is 6.10 Å². The number of rotatable bonds is 3. The highest BCUT2D eigenvalue weighted by atomic mass is 16.5. The van der Waals surface area contributed by atoms with Gasteiger partial charge in [0.05, 0.1) is 11.7 Å². The minimum atomic E-state index is 0.289. The van der Waals surface area contributed by atoms with Crippen LogP contribution in [0.4, 0.5) is 0 Å². The van der Waals surface area contributed by atoms with Crippen molar-refractivity contribution in [1.82, 2.24) is 5.32 Å². The lowest BCUT2D eigenvalue weighted by atomic mass is 9.80. The lowest BCUT2D eigenvalue weighted by molar-refractivity contribution is -0.0636. The van der Waals surface area contributed by atoms with Gasteiger partial charge in [-0.1, -0.05) is 33.1 Å². The number of hydrogen-bond donors (Lipinski definition) is 1. The van der Waals surface area contributed by atoms with Gasteiger partial charge in [-0.25, -0.2) is 0 Å². The molecule has 2 saturated carbocycles. The van der Waals surface area contributed by atoms with Crippen molar-refractivity contribution in [3.63, 3.8) is 0 Å². The van der Waals surface area contributed by atoms with Crippen LogP contribution in [-0.4, -0.2) is 24.3 Å². The molecule has 1 spiro atoms. The monoisotopic (exact) mass is 279 g/mol. The molecule has 2 nitrogen and oxygen atoms in total. The second-order valence-electron chi connectivity index (χ2n) is 7.93. The SMILES string of the molecule is CC1CCC(NCC2CCC3(CCCCC3)O2)C(C)C1. The molecule has 3 rings (SSSR count). The molecule has 4 atom stereocenters. The van der Waals surface area contributed by atoms with Crippen LogP contribution in [-0.2, 0) is 4.74 Å². The molecule has 0 bridgehead atoms. The van der Waals surface area contributed by atoms with E-state index < -0.39 is 0 Å². The Morgan fingerprint density at radius 2 is 1.80 bits per heavy atom. The Morgan fingerprint density at radius 3 is 2.55 bits per heavy atom. The maximum atomic E-state index is 6.47. The molecule has 1 N–H and O–H groups in total. The van der Waals surface area contributed by atoms with Gasteiger partial charge in [0.15, 0.2) is 0 Å². The van der Waals surface area contributed by atoms with E-state index >= 15 is 0 Å². The van der Waals surface area contributed by atoms with Gasteiger partial charge in [0.2, 0.25) is 0 Å². The second kappa shape index (κ2) is 6.36. The van der Waals surface area contributed by atoms with Crippen LogP contribution in [0.5, 0.6) is 0 Å². The van der Waals surface area contributed by atoms with Crippen LogP contribution < -0.4 is 5.32 Å². The van der Waals surface area contributed by atoms with Gasteiger partial charge < -0.3 is 10.1 Å². The summed E-state index contributed by atoms with van der Waals surface area (Å²) in [5, 5.41) is 3.83. The minimum absolute atomic E-state index is 0.289. The zero-order chi connectivity index (χ0) is 14.0. The van der Waals surface area contributed by atoms with Gasteiger partial charge in [-0.05, 0) is 56.8 Å². The third-order valence-corrected chi connectivity index (χ3v) is 6.14. The Bertz CT molecular complexity index is 311. The molecular formula is C18H33NO. The third-order valence-electron chi connectivity index (χ3n) is 6.14. The Hall–Kier alpha value is -0.0800. The summed E-state index contributed by atoms with van der Waals surface area (Å²) in [6.07, 6.45) is 14.1. The van der Waals surface area contributed by atoms with Crippen molar-refractivity contribution in [3.8, 4) is 0 Å². The van der Waals surface area contributed by atoms with Gasteiger partial charge in [0, 0.05) is 12.6 Å². The zero-order valence-electron chi connectivity index (χ0n) is 13.5. The molecule has 0 aromatic rings. The molecule has 0 radical (unpaired) electrons. The van der Waals surface area contributed by atoms with Crippen molar-refractivity contribution in [2.24, 2.45) is 11.8 Å². The average molecular weight is 279 g/mol. The molecule has 3 aliphatic rings. The fourth-order valence-corrected chi connectivity index (χ4v) is 4.85.